The van der Waals surface area contributed by atoms with E-state index >= 15 is 0 Å². The van der Waals surface area contributed by atoms with Crippen molar-refractivity contribution in [2.75, 3.05) is 4.90 Å². The number of anilines is 3. The summed E-state index contributed by atoms with van der Waals surface area (Å²) in [5.74, 6) is 0. The lowest BCUT2D eigenvalue weighted by molar-refractivity contribution is 0.670. The van der Waals surface area contributed by atoms with Crippen LogP contribution in [-0.4, -0.2) is 4.57 Å². The number of rotatable bonds is 8. The molecule has 3 nitrogen and oxygen atoms in total. The fourth-order valence-corrected chi connectivity index (χ4v) is 9.36. The minimum atomic E-state index is 0.873. The van der Waals surface area contributed by atoms with Crippen LogP contribution in [0.25, 0.3) is 93.9 Å². The van der Waals surface area contributed by atoms with Crippen LogP contribution in [0.2, 0.25) is 0 Å². The zero-order valence-electron chi connectivity index (χ0n) is 34.4. The molecule has 0 N–H and O–H groups in total. The van der Waals surface area contributed by atoms with Crippen molar-refractivity contribution in [3.05, 3.63) is 243 Å². The fourth-order valence-electron chi connectivity index (χ4n) is 9.36. The summed E-state index contributed by atoms with van der Waals surface area (Å²) >= 11 is 0. The predicted octanol–water partition coefficient (Wildman–Crippen LogP) is 16.8. The van der Waals surface area contributed by atoms with Crippen molar-refractivity contribution in [2.24, 2.45) is 0 Å². The highest BCUT2D eigenvalue weighted by molar-refractivity contribution is 6.27. The fraction of sp³-hybridized carbons (Fsp3) is 0. The van der Waals surface area contributed by atoms with Crippen LogP contribution in [-0.2, 0) is 0 Å². The maximum atomic E-state index is 6.90. The third kappa shape index (κ3) is 6.38. The molecular weight excluding hydrogens is 765 g/mol. The smallest absolute Gasteiger partial charge is 0.145 e. The van der Waals surface area contributed by atoms with Crippen molar-refractivity contribution in [1.29, 1.82) is 0 Å². The number of benzene rings is 10. The van der Waals surface area contributed by atoms with Gasteiger partial charge < -0.3 is 13.9 Å². The molecule has 63 heavy (non-hydrogen) atoms. The summed E-state index contributed by atoms with van der Waals surface area (Å²) in [6, 6.07) is 86.9. The van der Waals surface area contributed by atoms with Gasteiger partial charge in [-0.15, -0.1) is 0 Å². The van der Waals surface area contributed by atoms with Gasteiger partial charge in [-0.1, -0.05) is 176 Å². The molecule has 0 radical (unpaired) electrons. The molecule has 12 rings (SSSR count). The summed E-state index contributed by atoms with van der Waals surface area (Å²) in [7, 11) is 0. The lowest BCUT2D eigenvalue weighted by Crippen LogP contribution is -2.09. The molecule has 0 aliphatic heterocycles. The first-order valence-electron chi connectivity index (χ1n) is 21.5. The summed E-state index contributed by atoms with van der Waals surface area (Å²) in [5.41, 5.74) is 17.7. The lowest BCUT2D eigenvalue weighted by Gasteiger charge is -2.26. The second-order valence-corrected chi connectivity index (χ2v) is 16.1. The predicted molar refractivity (Wildman–Crippen MR) is 264 cm³/mol. The van der Waals surface area contributed by atoms with Gasteiger partial charge in [-0.25, -0.2) is 0 Å². The SMILES string of the molecule is c1ccc(-c2ccc(N(c3ccc(-c4ccccc4)cc3)c3ccc(-c4cc5c6ccccc6n(-c6ccc(-c7ccccc7)cc6)c5c5c4oc4ccccc45)cc3)cc2)cc1. The molecule has 10 aromatic carbocycles. The van der Waals surface area contributed by atoms with Crippen LogP contribution in [0, 0.1) is 0 Å². The molecule has 0 saturated heterocycles. The van der Waals surface area contributed by atoms with Gasteiger partial charge in [0.25, 0.3) is 0 Å². The number of nitrogens with zero attached hydrogens (tertiary/aromatic N) is 2. The molecule has 12 aromatic rings. The van der Waals surface area contributed by atoms with E-state index in [4.69, 9.17) is 4.42 Å². The van der Waals surface area contributed by atoms with E-state index in [1.54, 1.807) is 0 Å². The van der Waals surface area contributed by atoms with Crippen LogP contribution < -0.4 is 4.90 Å². The van der Waals surface area contributed by atoms with Crippen LogP contribution >= 0.6 is 0 Å². The molecule has 0 bridgehead atoms. The number of hydrogen-bond acceptors (Lipinski definition) is 2. The number of aromatic nitrogens is 1. The molecule has 2 aromatic heterocycles. The largest absolute Gasteiger partial charge is 0.455 e. The highest BCUT2D eigenvalue weighted by atomic mass is 16.3. The second kappa shape index (κ2) is 15.3. The van der Waals surface area contributed by atoms with Gasteiger partial charge in [0.05, 0.1) is 16.4 Å². The average Bonchev–Trinajstić information content (AvgIpc) is 3.92. The minimum absolute atomic E-state index is 0.873. The highest BCUT2D eigenvalue weighted by Gasteiger charge is 2.23. The van der Waals surface area contributed by atoms with Crippen molar-refractivity contribution in [2.45, 2.75) is 0 Å². The van der Waals surface area contributed by atoms with Crippen molar-refractivity contribution in [1.82, 2.24) is 4.57 Å². The Morgan fingerprint density at radius 3 is 1.27 bits per heavy atom. The minimum Gasteiger partial charge on any atom is -0.455 e. The molecular formula is C60H40N2O. The average molecular weight is 805 g/mol. The summed E-state index contributed by atoms with van der Waals surface area (Å²) in [6.45, 7) is 0. The van der Waals surface area contributed by atoms with E-state index in [1.165, 1.54) is 44.2 Å². The quantitative estimate of drug-likeness (QED) is 0.153. The molecule has 0 unspecified atom stereocenters. The normalized spacial score (nSPS) is 11.5. The first-order chi connectivity index (χ1) is 31.2. The Bertz CT molecular complexity index is 3470. The zero-order chi connectivity index (χ0) is 41.7. The van der Waals surface area contributed by atoms with Crippen molar-refractivity contribution in [3.8, 4) is 50.2 Å². The van der Waals surface area contributed by atoms with Gasteiger partial charge in [0.1, 0.15) is 11.2 Å². The van der Waals surface area contributed by atoms with E-state index in [2.05, 4.69) is 252 Å². The molecule has 0 spiro atoms. The van der Waals surface area contributed by atoms with Gasteiger partial charge in [-0.2, -0.15) is 0 Å². The van der Waals surface area contributed by atoms with Gasteiger partial charge in [-0.3, -0.25) is 0 Å². The number of fused-ring (bicyclic) bond motifs is 7. The van der Waals surface area contributed by atoms with E-state index in [1.807, 2.05) is 0 Å². The van der Waals surface area contributed by atoms with Gasteiger partial charge in [-0.05, 0) is 106 Å². The zero-order valence-corrected chi connectivity index (χ0v) is 34.4. The van der Waals surface area contributed by atoms with E-state index < -0.39 is 0 Å². The van der Waals surface area contributed by atoms with Crippen LogP contribution in [0.3, 0.4) is 0 Å². The summed E-state index contributed by atoms with van der Waals surface area (Å²) < 4.78 is 9.32. The van der Waals surface area contributed by atoms with Crippen molar-refractivity contribution in [3.63, 3.8) is 0 Å². The first-order valence-corrected chi connectivity index (χ1v) is 21.5. The summed E-state index contributed by atoms with van der Waals surface area (Å²) in [5, 5.41) is 4.61. The van der Waals surface area contributed by atoms with Crippen molar-refractivity contribution < 1.29 is 4.42 Å². The number of furan rings is 1. The third-order valence-corrected chi connectivity index (χ3v) is 12.4. The highest BCUT2D eigenvalue weighted by Crippen LogP contribution is 2.46. The van der Waals surface area contributed by atoms with Crippen molar-refractivity contribution >= 4 is 60.8 Å². The van der Waals surface area contributed by atoms with Crippen LogP contribution in [0.1, 0.15) is 0 Å². The molecule has 0 fully saturated rings. The van der Waals surface area contributed by atoms with Gasteiger partial charge in [0.2, 0.25) is 0 Å². The monoisotopic (exact) mass is 804 g/mol. The molecule has 0 aliphatic rings. The maximum absolute atomic E-state index is 6.90. The van der Waals surface area contributed by atoms with Crippen LogP contribution in [0.5, 0.6) is 0 Å². The number of hydrogen-bond donors (Lipinski definition) is 0. The molecule has 3 heteroatoms. The Labute approximate surface area is 366 Å². The molecule has 0 amide bonds. The third-order valence-electron chi connectivity index (χ3n) is 12.4. The van der Waals surface area contributed by atoms with E-state index in [0.29, 0.717) is 0 Å². The number of para-hydroxylation sites is 2. The van der Waals surface area contributed by atoms with E-state index in [9.17, 15) is 0 Å². The van der Waals surface area contributed by atoms with Gasteiger partial charge in [0.15, 0.2) is 0 Å². The van der Waals surface area contributed by atoms with E-state index in [-0.39, 0.29) is 0 Å². The molecule has 0 atom stereocenters. The lowest BCUT2D eigenvalue weighted by atomic mass is 9.98. The Kier molecular flexibility index (Phi) is 8.83. The molecule has 296 valence electrons. The second-order valence-electron chi connectivity index (χ2n) is 16.1. The summed E-state index contributed by atoms with van der Waals surface area (Å²) in [6.07, 6.45) is 0. The van der Waals surface area contributed by atoms with Crippen LogP contribution in [0.4, 0.5) is 17.1 Å². The summed E-state index contributed by atoms with van der Waals surface area (Å²) in [4.78, 5) is 2.34. The van der Waals surface area contributed by atoms with Crippen LogP contribution in [0.15, 0.2) is 247 Å². The Morgan fingerprint density at radius 1 is 0.333 bits per heavy atom. The standard InChI is InChI=1S/C60H40N2O/c1-4-14-41(15-5-1)44-24-32-48(33-25-44)61(49-34-26-45(27-35-49)42-16-6-2-7-17-42)50-38-30-47(31-39-50)54-40-55-52-20-10-12-22-56(52)62(51-36-28-46(29-37-51)43-18-8-3-9-19-43)59(55)58-53-21-11-13-23-57(53)63-60(54)58/h1-40H. The molecule has 0 aliphatic carbocycles. The maximum Gasteiger partial charge on any atom is 0.145 e. The Morgan fingerprint density at radius 2 is 0.746 bits per heavy atom. The van der Waals surface area contributed by atoms with Gasteiger partial charge in [0, 0.05) is 44.5 Å². The molecule has 2 heterocycles. The van der Waals surface area contributed by atoms with Gasteiger partial charge >= 0.3 is 0 Å². The first kappa shape index (κ1) is 36.5. The topological polar surface area (TPSA) is 21.3 Å². The van der Waals surface area contributed by atoms with E-state index in [0.717, 1.165) is 66.8 Å². The Hall–Kier alpha value is -8.40. The Balaban J connectivity index is 1.01. The molecule has 0 saturated carbocycles.